The molecule has 0 amide bonds. The van der Waals surface area contributed by atoms with Crippen LogP contribution in [0.4, 0.5) is 0 Å². The van der Waals surface area contributed by atoms with E-state index in [2.05, 4.69) is 35.9 Å². The molecule has 17 heavy (non-hydrogen) atoms. The SMILES string of the molecule is CC(C)N1CCCC(CN)C1c1ccccn1. The Morgan fingerprint density at radius 1 is 1.47 bits per heavy atom. The summed E-state index contributed by atoms with van der Waals surface area (Å²) in [5.41, 5.74) is 7.12. The Labute approximate surface area is 104 Å². The Balaban J connectivity index is 2.28. The molecule has 2 N–H and O–H groups in total. The van der Waals surface area contributed by atoms with Gasteiger partial charge in [0.25, 0.3) is 0 Å². The zero-order valence-corrected chi connectivity index (χ0v) is 10.8. The highest BCUT2D eigenvalue weighted by Gasteiger charge is 2.33. The summed E-state index contributed by atoms with van der Waals surface area (Å²) in [4.78, 5) is 7.08. The van der Waals surface area contributed by atoms with Crippen molar-refractivity contribution in [2.24, 2.45) is 11.7 Å². The molecule has 2 atom stereocenters. The van der Waals surface area contributed by atoms with Crippen LogP contribution in [-0.2, 0) is 0 Å². The normalized spacial score (nSPS) is 26.4. The van der Waals surface area contributed by atoms with Crippen LogP contribution in [0.2, 0.25) is 0 Å². The minimum Gasteiger partial charge on any atom is -0.330 e. The van der Waals surface area contributed by atoms with Crippen molar-refractivity contribution in [3.63, 3.8) is 0 Å². The third-order valence-electron chi connectivity index (χ3n) is 3.75. The number of piperidine rings is 1. The second-order valence-electron chi connectivity index (χ2n) is 5.17. The molecule has 0 spiro atoms. The van der Waals surface area contributed by atoms with Crippen LogP contribution < -0.4 is 5.73 Å². The lowest BCUT2D eigenvalue weighted by molar-refractivity contribution is 0.0638. The fraction of sp³-hybridized carbons (Fsp3) is 0.643. The van der Waals surface area contributed by atoms with E-state index in [1.54, 1.807) is 0 Å². The predicted molar refractivity (Wildman–Crippen MR) is 70.6 cm³/mol. The van der Waals surface area contributed by atoms with E-state index in [-0.39, 0.29) is 0 Å². The minimum atomic E-state index is 0.398. The predicted octanol–water partition coefficient (Wildman–Crippen LogP) is 2.20. The first-order valence-corrected chi connectivity index (χ1v) is 6.60. The van der Waals surface area contributed by atoms with Crippen LogP contribution in [0, 0.1) is 5.92 Å². The lowest BCUT2D eigenvalue weighted by Gasteiger charge is -2.43. The van der Waals surface area contributed by atoms with Crippen LogP contribution >= 0.6 is 0 Å². The zero-order valence-electron chi connectivity index (χ0n) is 10.8. The molecule has 2 rings (SSSR count). The van der Waals surface area contributed by atoms with Crippen molar-refractivity contribution in [2.75, 3.05) is 13.1 Å². The maximum Gasteiger partial charge on any atom is 0.0578 e. The number of nitrogens with two attached hydrogens (primary N) is 1. The molecule has 1 fully saturated rings. The van der Waals surface area contributed by atoms with Crippen molar-refractivity contribution in [3.05, 3.63) is 30.1 Å². The van der Waals surface area contributed by atoms with E-state index >= 15 is 0 Å². The van der Waals surface area contributed by atoms with Crippen LogP contribution in [0.5, 0.6) is 0 Å². The smallest absolute Gasteiger partial charge is 0.0578 e. The summed E-state index contributed by atoms with van der Waals surface area (Å²) < 4.78 is 0. The molecule has 3 nitrogen and oxygen atoms in total. The Hall–Kier alpha value is -0.930. The topological polar surface area (TPSA) is 42.1 Å². The van der Waals surface area contributed by atoms with Gasteiger partial charge in [0.15, 0.2) is 0 Å². The third kappa shape index (κ3) is 2.67. The fourth-order valence-corrected chi connectivity index (χ4v) is 2.89. The van der Waals surface area contributed by atoms with E-state index in [0.29, 0.717) is 18.0 Å². The fourth-order valence-electron chi connectivity index (χ4n) is 2.89. The second-order valence-corrected chi connectivity index (χ2v) is 5.17. The van der Waals surface area contributed by atoms with Crippen molar-refractivity contribution in [3.8, 4) is 0 Å². The molecule has 0 aliphatic carbocycles. The van der Waals surface area contributed by atoms with Gasteiger partial charge in [0.1, 0.15) is 0 Å². The first kappa shape index (κ1) is 12.5. The summed E-state index contributed by atoms with van der Waals surface area (Å²) in [6.45, 7) is 6.43. The maximum absolute atomic E-state index is 5.94. The summed E-state index contributed by atoms with van der Waals surface area (Å²) in [5, 5.41) is 0. The zero-order chi connectivity index (χ0) is 12.3. The van der Waals surface area contributed by atoms with Crippen LogP contribution in [-0.4, -0.2) is 29.0 Å². The highest BCUT2D eigenvalue weighted by Crippen LogP contribution is 2.35. The Kier molecular flexibility index (Phi) is 4.13. The molecule has 1 aromatic rings. The van der Waals surface area contributed by atoms with Gasteiger partial charge in [0, 0.05) is 12.2 Å². The molecule has 1 aromatic heterocycles. The van der Waals surface area contributed by atoms with Crippen molar-refractivity contribution in [1.82, 2.24) is 9.88 Å². The van der Waals surface area contributed by atoms with Gasteiger partial charge in [0.05, 0.1) is 11.7 Å². The molecule has 1 aliphatic rings. The monoisotopic (exact) mass is 233 g/mol. The van der Waals surface area contributed by atoms with Gasteiger partial charge in [-0.05, 0) is 57.8 Å². The van der Waals surface area contributed by atoms with Gasteiger partial charge in [0.2, 0.25) is 0 Å². The first-order chi connectivity index (χ1) is 8.24. The molecule has 0 radical (unpaired) electrons. The Bertz CT molecular complexity index is 337. The summed E-state index contributed by atoms with van der Waals surface area (Å²) in [6.07, 6.45) is 4.36. The van der Waals surface area contributed by atoms with Gasteiger partial charge in [-0.25, -0.2) is 0 Å². The average Bonchev–Trinajstić information content (AvgIpc) is 2.38. The first-order valence-electron chi connectivity index (χ1n) is 6.60. The second kappa shape index (κ2) is 5.61. The highest BCUT2D eigenvalue weighted by atomic mass is 15.2. The average molecular weight is 233 g/mol. The number of hydrogen-bond acceptors (Lipinski definition) is 3. The van der Waals surface area contributed by atoms with Crippen LogP contribution in [0.25, 0.3) is 0 Å². The number of nitrogens with zero attached hydrogens (tertiary/aromatic N) is 2. The molecule has 3 heteroatoms. The molecular formula is C14H23N3. The number of rotatable bonds is 3. The summed E-state index contributed by atoms with van der Waals surface area (Å²) in [7, 11) is 0. The van der Waals surface area contributed by atoms with Crippen LogP contribution in [0.3, 0.4) is 0 Å². The quantitative estimate of drug-likeness (QED) is 0.870. The van der Waals surface area contributed by atoms with Gasteiger partial charge in [-0.1, -0.05) is 6.07 Å². The lowest BCUT2D eigenvalue weighted by atomic mass is 9.86. The third-order valence-corrected chi connectivity index (χ3v) is 3.75. The van der Waals surface area contributed by atoms with Gasteiger partial charge >= 0.3 is 0 Å². The Morgan fingerprint density at radius 2 is 2.29 bits per heavy atom. The molecule has 2 unspecified atom stereocenters. The number of pyridine rings is 1. The van der Waals surface area contributed by atoms with E-state index in [9.17, 15) is 0 Å². The van der Waals surface area contributed by atoms with E-state index < -0.39 is 0 Å². The summed E-state index contributed by atoms with van der Waals surface area (Å²) in [5.74, 6) is 0.543. The van der Waals surface area contributed by atoms with E-state index in [4.69, 9.17) is 5.73 Å². The minimum absolute atomic E-state index is 0.398. The van der Waals surface area contributed by atoms with Crippen LogP contribution in [0.15, 0.2) is 24.4 Å². The molecule has 1 saturated heterocycles. The van der Waals surface area contributed by atoms with Crippen molar-refractivity contribution in [2.45, 2.75) is 38.8 Å². The van der Waals surface area contributed by atoms with Gasteiger partial charge in [-0.2, -0.15) is 0 Å². The van der Waals surface area contributed by atoms with E-state index in [1.165, 1.54) is 18.5 Å². The molecule has 1 aliphatic heterocycles. The molecule has 94 valence electrons. The van der Waals surface area contributed by atoms with Gasteiger partial charge < -0.3 is 5.73 Å². The van der Waals surface area contributed by atoms with Crippen LogP contribution in [0.1, 0.15) is 38.4 Å². The van der Waals surface area contributed by atoms with Gasteiger partial charge in [-0.3, -0.25) is 9.88 Å². The van der Waals surface area contributed by atoms with Gasteiger partial charge in [-0.15, -0.1) is 0 Å². The highest BCUT2D eigenvalue weighted by molar-refractivity contribution is 5.12. The maximum atomic E-state index is 5.94. The van der Waals surface area contributed by atoms with Crippen molar-refractivity contribution >= 4 is 0 Å². The molecule has 2 heterocycles. The lowest BCUT2D eigenvalue weighted by Crippen LogP contribution is -2.45. The summed E-state index contributed by atoms with van der Waals surface area (Å²) >= 11 is 0. The molecule has 0 bridgehead atoms. The Morgan fingerprint density at radius 3 is 2.88 bits per heavy atom. The molecular weight excluding hydrogens is 210 g/mol. The number of aromatic nitrogens is 1. The molecule has 0 saturated carbocycles. The largest absolute Gasteiger partial charge is 0.330 e. The van der Waals surface area contributed by atoms with E-state index in [0.717, 1.165) is 13.1 Å². The molecule has 0 aromatic carbocycles. The summed E-state index contributed by atoms with van der Waals surface area (Å²) in [6, 6.07) is 7.13. The standard InChI is InChI=1S/C14H23N3/c1-11(2)17-9-5-6-12(10-15)14(17)13-7-3-4-8-16-13/h3-4,7-8,11-12,14H,5-6,9-10,15H2,1-2H3. The van der Waals surface area contributed by atoms with Crippen molar-refractivity contribution < 1.29 is 0 Å². The van der Waals surface area contributed by atoms with E-state index in [1.807, 2.05) is 12.3 Å². The van der Waals surface area contributed by atoms with Crippen molar-refractivity contribution in [1.29, 1.82) is 0 Å². The number of hydrogen-bond donors (Lipinski definition) is 1. The number of likely N-dealkylation sites (tertiary alicyclic amines) is 1.